The van der Waals surface area contributed by atoms with Crippen molar-refractivity contribution in [1.29, 1.82) is 0 Å². The van der Waals surface area contributed by atoms with E-state index in [0.29, 0.717) is 0 Å². The van der Waals surface area contributed by atoms with Crippen LogP contribution >= 0.6 is 11.6 Å². The molecule has 3 aromatic carbocycles. The lowest BCUT2D eigenvalue weighted by molar-refractivity contribution is 0.351. The van der Waals surface area contributed by atoms with Crippen molar-refractivity contribution in [3.8, 4) is 17.2 Å². The number of rotatable bonds is 7. The van der Waals surface area contributed by atoms with Crippen LogP contribution in [0.15, 0.2) is 60.7 Å². The molecule has 0 aliphatic carbocycles. The Morgan fingerprint density at radius 1 is 0.903 bits per heavy atom. The van der Waals surface area contributed by atoms with Crippen molar-refractivity contribution in [2.24, 2.45) is 0 Å². The number of nitrogens with one attached hydrogen (secondary N) is 2. The molecule has 0 unspecified atom stereocenters. The summed E-state index contributed by atoms with van der Waals surface area (Å²) in [6.45, 7) is 0.780. The maximum absolute atomic E-state index is 6.01. The van der Waals surface area contributed by atoms with E-state index in [1.54, 1.807) is 21.3 Å². The highest BCUT2D eigenvalue weighted by atomic mass is 35.5. The highest BCUT2D eigenvalue weighted by molar-refractivity contribution is 6.30. The molecule has 2 atom stereocenters. The van der Waals surface area contributed by atoms with Crippen molar-refractivity contribution in [3.63, 3.8) is 0 Å². The maximum Gasteiger partial charge on any atom is 0.161 e. The Morgan fingerprint density at radius 3 is 2.23 bits per heavy atom. The Bertz CT molecular complexity index is 1020. The minimum atomic E-state index is 0.0338. The van der Waals surface area contributed by atoms with Crippen LogP contribution in [0.2, 0.25) is 5.02 Å². The monoisotopic (exact) mass is 438 g/mol. The van der Waals surface area contributed by atoms with Crippen LogP contribution in [0.5, 0.6) is 17.2 Å². The Hall–Kier alpha value is -2.89. The first-order chi connectivity index (χ1) is 15.1. The van der Waals surface area contributed by atoms with Gasteiger partial charge >= 0.3 is 0 Å². The number of methoxy groups -OCH3 is 3. The molecule has 3 aromatic rings. The molecule has 4 rings (SSSR count). The third-order valence-electron chi connectivity index (χ3n) is 5.67. The Kier molecular flexibility index (Phi) is 6.54. The van der Waals surface area contributed by atoms with Crippen molar-refractivity contribution in [2.45, 2.75) is 18.5 Å². The number of benzene rings is 3. The fourth-order valence-corrected chi connectivity index (χ4v) is 4.17. The summed E-state index contributed by atoms with van der Waals surface area (Å²) in [6.07, 6.45) is 0.878. The normalized spacial score (nSPS) is 17.5. The molecule has 1 aliphatic heterocycles. The van der Waals surface area contributed by atoms with E-state index in [1.807, 2.05) is 36.4 Å². The first-order valence-electron chi connectivity index (χ1n) is 10.3. The van der Waals surface area contributed by atoms with Crippen molar-refractivity contribution >= 4 is 17.3 Å². The molecule has 162 valence electrons. The van der Waals surface area contributed by atoms with Gasteiger partial charge in [0.05, 0.1) is 27.4 Å². The largest absolute Gasteiger partial charge is 0.497 e. The lowest BCUT2D eigenvalue weighted by atomic mass is 9.86. The third kappa shape index (κ3) is 4.73. The van der Waals surface area contributed by atoms with Gasteiger partial charge in [-0.1, -0.05) is 23.7 Å². The highest BCUT2D eigenvalue weighted by Gasteiger charge is 2.29. The topological polar surface area (TPSA) is 51.8 Å². The summed E-state index contributed by atoms with van der Waals surface area (Å²) in [5.41, 5.74) is 4.67. The average Bonchev–Trinajstić information content (AvgIpc) is 2.82. The van der Waals surface area contributed by atoms with E-state index in [4.69, 9.17) is 25.8 Å². The number of ether oxygens (including phenoxy) is 3. The molecule has 0 saturated carbocycles. The molecule has 1 heterocycles. The molecule has 1 aliphatic rings. The molecule has 0 fully saturated rings. The van der Waals surface area contributed by atoms with E-state index in [2.05, 4.69) is 34.9 Å². The molecule has 0 saturated heterocycles. The van der Waals surface area contributed by atoms with Gasteiger partial charge in [0.15, 0.2) is 11.5 Å². The van der Waals surface area contributed by atoms with E-state index in [0.717, 1.165) is 40.9 Å². The van der Waals surface area contributed by atoms with Gasteiger partial charge in [-0.15, -0.1) is 0 Å². The first-order valence-corrected chi connectivity index (χ1v) is 10.6. The lowest BCUT2D eigenvalue weighted by Crippen LogP contribution is -2.44. The zero-order valence-electron chi connectivity index (χ0n) is 17.9. The second-order valence-electron chi connectivity index (χ2n) is 7.57. The SMILES string of the molecule is COc1ccc([C@@H]2N[C@H](CNc3ccc(Cl)cc3)Cc3cc(OC)c(OC)cc32)cc1. The molecule has 6 heteroatoms. The van der Waals surface area contributed by atoms with Gasteiger partial charge in [-0.25, -0.2) is 0 Å². The Balaban J connectivity index is 1.64. The van der Waals surface area contributed by atoms with Crippen molar-refractivity contribution in [3.05, 3.63) is 82.4 Å². The number of hydrogen-bond acceptors (Lipinski definition) is 5. The minimum Gasteiger partial charge on any atom is -0.497 e. The minimum absolute atomic E-state index is 0.0338. The summed E-state index contributed by atoms with van der Waals surface area (Å²) < 4.78 is 16.5. The van der Waals surface area contributed by atoms with Crippen LogP contribution in [0.25, 0.3) is 0 Å². The van der Waals surface area contributed by atoms with Gasteiger partial charge in [-0.2, -0.15) is 0 Å². The summed E-state index contributed by atoms with van der Waals surface area (Å²) in [4.78, 5) is 0. The predicted molar refractivity (Wildman–Crippen MR) is 125 cm³/mol. The third-order valence-corrected chi connectivity index (χ3v) is 5.92. The van der Waals surface area contributed by atoms with E-state index < -0.39 is 0 Å². The number of hydrogen-bond donors (Lipinski definition) is 2. The van der Waals surface area contributed by atoms with Gasteiger partial charge in [0.2, 0.25) is 0 Å². The van der Waals surface area contributed by atoms with Crippen LogP contribution < -0.4 is 24.8 Å². The molecule has 0 aromatic heterocycles. The van der Waals surface area contributed by atoms with Crippen molar-refractivity contribution in [2.75, 3.05) is 33.2 Å². The van der Waals surface area contributed by atoms with Gasteiger partial charge in [0.25, 0.3) is 0 Å². The van der Waals surface area contributed by atoms with E-state index in [1.165, 1.54) is 16.7 Å². The summed E-state index contributed by atoms with van der Waals surface area (Å²) in [7, 11) is 5.02. The molecule has 0 amide bonds. The Labute approximate surface area is 188 Å². The Morgan fingerprint density at radius 2 is 1.58 bits per heavy atom. The van der Waals surface area contributed by atoms with E-state index in [9.17, 15) is 0 Å². The molecule has 5 nitrogen and oxygen atoms in total. The van der Waals surface area contributed by atoms with Crippen molar-refractivity contribution < 1.29 is 14.2 Å². The highest BCUT2D eigenvalue weighted by Crippen LogP contribution is 2.38. The second-order valence-corrected chi connectivity index (χ2v) is 8.00. The molecule has 31 heavy (non-hydrogen) atoms. The zero-order chi connectivity index (χ0) is 21.8. The van der Waals surface area contributed by atoms with Crippen LogP contribution in [-0.4, -0.2) is 33.9 Å². The fraction of sp³-hybridized carbons (Fsp3) is 0.280. The predicted octanol–water partition coefficient (Wildman–Crippen LogP) is 5.08. The lowest BCUT2D eigenvalue weighted by Gasteiger charge is -2.34. The number of anilines is 1. The fourth-order valence-electron chi connectivity index (χ4n) is 4.04. The van der Waals surface area contributed by atoms with Gasteiger partial charge in [-0.05, 0) is 71.6 Å². The summed E-state index contributed by atoms with van der Waals surface area (Å²) in [5.74, 6) is 2.33. The van der Waals surface area contributed by atoms with Gasteiger partial charge in [0.1, 0.15) is 5.75 Å². The zero-order valence-corrected chi connectivity index (χ0v) is 18.7. The van der Waals surface area contributed by atoms with Crippen LogP contribution in [0.4, 0.5) is 5.69 Å². The van der Waals surface area contributed by atoms with E-state index >= 15 is 0 Å². The van der Waals surface area contributed by atoms with Gasteiger partial charge < -0.3 is 24.8 Å². The first kappa shape index (κ1) is 21.3. The van der Waals surface area contributed by atoms with Crippen LogP contribution in [0.3, 0.4) is 0 Å². The number of halogens is 1. The molecule has 0 radical (unpaired) electrons. The van der Waals surface area contributed by atoms with Gasteiger partial charge in [-0.3, -0.25) is 0 Å². The number of fused-ring (bicyclic) bond motifs is 1. The summed E-state index contributed by atoms with van der Waals surface area (Å²) in [6, 6.07) is 20.4. The smallest absolute Gasteiger partial charge is 0.161 e. The molecule has 2 N–H and O–H groups in total. The molecular weight excluding hydrogens is 412 g/mol. The summed E-state index contributed by atoms with van der Waals surface area (Å²) >= 11 is 6.01. The second kappa shape index (κ2) is 9.50. The van der Waals surface area contributed by atoms with Crippen LogP contribution in [0.1, 0.15) is 22.7 Å². The van der Waals surface area contributed by atoms with Crippen LogP contribution in [0, 0.1) is 0 Å². The summed E-state index contributed by atoms with van der Waals surface area (Å²) in [5, 5.41) is 8.06. The standard InChI is InChI=1S/C25H27ClN2O3/c1-29-21-10-4-16(5-11-21)25-22-14-24(31-3)23(30-2)13-17(22)12-20(28-25)15-27-19-8-6-18(26)7-9-19/h4-11,13-14,20,25,27-28H,12,15H2,1-3H3/t20-,25-/m0/s1. The maximum atomic E-state index is 6.01. The van der Waals surface area contributed by atoms with Crippen LogP contribution in [-0.2, 0) is 6.42 Å². The average molecular weight is 439 g/mol. The quantitative estimate of drug-likeness (QED) is 0.538. The van der Waals surface area contributed by atoms with E-state index in [-0.39, 0.29) is 12.1 Å². The van der Waals surface area contributed by atoms with Crippen molar-refractivity contribution in [1.82, 2.24) is 5.32 Å². The molecule has 0 spiro atoms. The molecular formula is C25H27ClN2O3. The van der Waals surface area contributed by atoms with Gasteiger partial charge in [0, 0.05) is 23.3 Å². The molecule has 0 bridgehead atoms.